The van der Waals surface area contributed by atoms with E-state index >= 15 is 0 Å². The number of hydrogen-bond donors (Lipinski definition) is 0. The molecular formula is C17H26OS2. The second-order valence-electron chi connectivity index (χ2n) is 6.08. The molecule has 0 saturated heterocycles. The average Bonchev–Trinajstić information content (AvgIpc) is 2.41. The van der Waals surface area contributed by atoms with E-state index in [4.69, 9.17) is 0 Å². The predicted molar refractivity (Wildman–Crippen MR) is 93.7 cm³/mol. The van der Waals surface area contributed by atoms with Crippen LogP contribution in [-0.2, 0) is 5.41 Å². The van der Waals surface area contributed by atoms with Gasteiger partial charge in [0.2, 0.25) is 5.12 Å². The van der Waals surface area contributed by atoms with Crippen molar-refractivity contribution >= 4 is 26.7 Å². The van der Waals surface area contributed by atoms with Gasteiger partial charge in [-0.2, -0.15) is 0 Å². The van der Waals surface area contributed by atoms with Crippen molar-refractivity contribution in [3.63, 3.8) is 0 Å². The van der Waals surface area contributed by atoms with Crippen molar-refractivity contribution in [3.8, 4) is 0 Å². The van der Waals surface area contributed by atoms with Gasteiger partial charge in [0.25, 0.3) is 0 Å². The lowest BCUT2D eigenvalue weighted by atomic mass is 9.87. The molecule has 1 aromatic carbocycles. The number of unbranched alkanes of at least 4 members (excludes halogenated alkanes) is 3. The Labute approximate surface area is 131 Å². The largest absolute Gasteiger partial charge is 0.281 e. The van der Waals surface area contributed by atoms with Crippen molar-refractivity contribution in [1.29, 1.82) is 0 Å². The Balaban J connectivity index is 2.37. The summed E-state index contributed by atoms with van der Waals surface area (Å²) in [4.78, 5) is 12.0. The average molecular weight is 311 g/mol. The zero-order chi connectivity index (χ0) is 15.0. The standard InChI is InChI=1S/C17H26OS2/c1-5-6-7-8-13-19-20-16(18)14-9-11-15(12-10-14)17(2,3)4/h9-12H,5-8,13H2,1-4H3. The Bertz CT molecular complexity index is 404. The van der Waals surface area contributed by atoms with E-state index in [-0.39, 0.29) is 10.5 Å². The molecule has 0 atom stereocenters. The molecule has 0 unspecified atom stereocenters. The lowest BCUT2D eigenvalue weighted by Crippen LogP contribution is -2.10. The summed E-state index contributed by atoms with van der Waals surface area (Å²) in [5.41, 5.74) is 2.22. The van der Waals surface area contributed by atoms with Crippen molar-refractivity contribution in [2.24, 2.45) is 0 Å². The number of benzene rings is 1. The maximum atomic E-state index is 12.0. The highest BCUT2D eigenvalue weighted by atomic mass is 33.1. The summed E-state index contributed by atoms with van der Waals surface area (Å²) in [5.74, 6) is 1.07. The van der Waals surface area contributed by atoms with Crippen LogP contribution in [0.4, 0.5) is 0 Å². The highest BCUT2D eigenvalue weighted by molar-refractivity contribution is 8.82. The van der Waals surface area contributed by atoms with Crippen LogP contribution in [0.1, 0.15) is 69.3 Å². The minimum Gasteiger partial charge on any atom is -0.281 e. The Kier molecular flexibility index (Phi) is 7.75. The van der Waals surface area contributed by atoms with Crippen molar-refractivity contribution in [2.75, 3.05) is 5.75 Å². The fraction of sp³-hybridized carbons (Fsp3) is 0.588. The van der Waals surface area contributed by atoms with Gasteiger partial charge < -0.3 is 0 Å². The third-order valence-electron chi connectivity index (χ3n) is 3.20. The first-order chi connectivity index (χ1) is 9.45. The van der Waals surface area contributed by atoms with Gasteiger partial charge in [-0.05, 0) is 28.2 Å². The van der Waals surface area contributed by atoms with Gasteiger partial charge in [0.1, 0.15) is 0 Å². The Morgan fingerprint density at radius 2 is 1.70 bits per heavy atom. The van der Waals surface area contributed by atoms with Gasteiger partial charge in [-0.15, -0.1) is 0 Å². The molecule has 0 saturated carbocycles. The van der Waals surface area contributed by atoms with Gasteiger partial charge in [0, 0.05) is 11.3 Å². The van der Waals surface area contributed by atoms with Crippen LogP contribution in [0.15, 0.2) is 24.3 Å². The molecule has 1 nitrogen and oxygen atoms in total. The molecule has 0 radical (unpaired) electrons. The first kappa shape index (κ1) is 17.6. The van der Waals surface area contributed by atoms with Gasteiger partial charge >= 0.3 is 0 Å². The van der Waals surface area contributed by atoms with E-state index in [0.29, 0.717) is 0 Å². The highest BCUT2D eigenvalue weighted by Crippen LogP contribution is 2.28. The van der Waals surface area contributed by atoms with Crippen LogP contribution in [0.3, 0.4) is 0 Å². The molecule has 112 valence electrons. The Morgan fingerprint density at radius 1 is 1.05 bits per heavy atom. The van der Waals surface area contributed by atoms with E-state index in [0.717, 1.165) is 11.3 Å². The molecule has 0 fully saturated rings. The second kappa shape index (κ2) is 8.78. The summed E-state index contributed by atoms with van der Waals surface area (Å²) in [6.07, 6.45) is 5.05. The van der Waals surface area contributed by atoms with Gasteiger partial charge in [-0.25, -0.2) is 0 Å². The van der Waals surface area contributed by atoms with Crippen LogP contribution in [0, 0.1) is 0 Å². The lowest BCUT2D eigenvalue weighted by Gasteiger charge is -2.18. The Morgan fingerprint density at radius 3 is 2.25 bits per heavy atom. The van der Waals surface area contributed by atoms with Gasteiger partial charge in [-0.1, -0.05) is 82.0 Å². The van der Waals surface area contributed by atoms with Crippen LogP contribution in [0.25, 0.3) is 0 Å². The van der Waals surface area contributed by atoms with Crippen molar-refractivity contribution < 1.29 is 4.79 Å². The summed E-state index contributed by atoms with van der Waals surface area (Å²) in [7, 11) is 3.06. The molecule has 0 N–H and O–H groups in total. The molecule has 0 aliphatic rings. The van der Waals surface area contributed by atoms with Crippen LogP contribution >= 0.6 is 21.6 Å². The third-order valence-corrected chi connectivity index (χ3v) is 5.47. The molecule has 0 amide bonds. The van der Waals surface area contributed by atoms with Crippen molar-refractivity contribution in [3.05, 3.63) is 35.4 Å². The topological polar surface area (TPSA) is 17.1 Å². The smallest absolute Gasteiger partial charge is 0.229 e. The SMILES string of the molecule is CCCCCCSSC(=O)c1ccc(C(C)(C)C)cc1. The van der Waals surface area contributed by atoms with Crippen molar-refractivity contribution in [1.82, 2.24) is 0 Å². The summed E-state index contributed by atoms with van der Waals surface area (Å²) in [6, 6.07) is 8.04. The molecule has 0 aliphatic heterocycles. The fourth-order valence-corrected chi connectivity index (χ4v) is 3.80. The lowest BCUT2D eigenvalue weighted by molar-refractivity contribution is 0.109. The molecule has 1 aromatic rings. The Hall–Kier alpha value is -0.410. The fourth-order valence-electron chi connectivity index (χ4n) is 1.84. The van der Waals surface area contributed by atoms with E-state index in [1.165, 1.54) is 42.0 Å². The van der Waals surface area contributed by atoms with Gasteiger partial charge in [0.05, 0.1) is 0 Å². The normalized spacial score (nSPS) is 11.6. The van der Waals surface area contributed by atoms with Crippen LogP contribution in [0.2, 0.25) is 0 Å². The van der Waals surface area contributed by atoms with Crippen LogP contribution < -0.4 is 0 Å². The zero-order valence-electron chi connectivity index (χ0n) is 13.1. The number of hydrogen-bond acceptors (Lipinski definition) is 3. The van der Waals surface area contributed by atoms with E-state index in [2.05, 4.69) is 39.8 Å². The summed E-state index contributed by atoms with van der Waals surface area (Å²) in [5, 5.41) is 0.172. The molecule has 0 aliphatic carbocycles. The molecule has 20 heavy (non-hydrogen) atoms. The molecule has 3 heteroatoms. The summed E-state index contributed by atoms with van der Waals surface area (Å²) >= 11 is 0. The molecule has 0 aromatic heterocycles. The first-order valence-corrected chi connectivity index (χ1v) is 9.71. The van der Waals surface area contributed by atoms with Crippen LogP contribution in [0.5, 0.6) is 0 Å². The molecule has 0 spiro atoms. The molecular weight excluding hydrogens is 284 g/mol. The number of carbonyl (C=O) groups is 1. The maximum absolute atomic E-state index is 12.0. The molecule has 1 rings (SSSR count). The number of carbonyl (C=O) groups excluding carboxylic acids is 1. The number of rotatable bonds is 7. The van der Waals surface area contributed by atoms with E-state index < -0.39 is 0 Å². The zero-order valence-corrected chi connectivity index (χ0v) is 14.7. The van der Waals surface area contributed by atoms with Gasteiger partial charge in [-0.3, -0.25) is 4.79 Å². The van der Waals surface area contributed by atoms with E-state index in [1.807, 2.05) is 12.1 Å². The second-order valence-corrected chi connectivity index (χ2v) is 8.47. The summed E-state index contributed by atoms with van der Waals surface area (Å²) in [6.45, 7) is 8.77. The minimum atomic E-state index is 0.142. The quantitative estimate of drug-likeness (QED) is 0.448. The minimum absolute atomic E-state index is 0.142. The van der Waals surface area contributed by atoms with Gasteiger partial charge in [0.15, 0.2) is 0 Å². The van der Waals surface area contributed by atoms with E-state index in [9.17, 15) is 4.79 Å². The van der Waals surface area contributed by atoms with Crippen molar-refractivity contribution in [2.45, 2.75) is 58.8 Å². The van der Waals surface area contributed by atoms with E-state index in [1.54, 1.807) is 10.8 Å². The highest BCUT2D eigenvalue weighted by Gasteiger charge is 2.14. The molecule has 0 heterocycles. The first-order valence-electron chi connectivity index (χ1n) is 7.39. The third kappa shape index (κ3) is 6.36. The monoisotopic (exact) mass is 310 g/mol. The molecule has 0 bridgehead atoms. The predicted octanol–water partition coefficient (Wildman–Crippen LogP) is 6.09. The maximum Gasteiger partial charge on any atom is 0.229 e. The summed E-state index contributed by atoms with van der Waals surface area (Å²) < 4.78 is 0. The van der Waals surface area contributed by atoms with Crippen LogP contribution in [-0.4, -0.2) is 10.9 Å².